The van der Waals surface area contributed by atoms with Crippen LogP contribution in [-0.4, -0.2) is 37.7 Å². The molecule has 1 aliphatic heterocycles. The van der Waals surface area contributed by atoms with Gasteiger partial charge in [0.05, 0.1) is 6.10 Å². The summed E-state index contributed by atoms with van der Waals surface area (Å²) in [4.78, 5) is 11.8. The molecule has 1 heterocycles. The van der Waals surface area contributed by atoms with Gasteiger partial charge < -0.3 is 15.4 Å². The maximum atomic E-state index is 11.8. The molecule has 0 radical (unpaired) electrons. The number of amides is 1. The molecule has 0 bridgehead atoms. The Bertz CT molecular complexity index is 264. The first-order chi connectivity index (χ1) is 8.19. The van der Waals surface area contributed by atoms with Gasteiger partial charge in [-0.05, 0) is 38.1 Å². The normalized spacial score (nSPS) is 36.6. The summed E-state index contributed by atoms with van der Waals surface area (Å²) in [5.41, 5.74) is 0. The van der Waals surface area contributed by atoms with E-state index < -0.39 is 0 Å². The molecular formula is C13H24N2O2. The number of carbonyl (C=O) groups excluding carboxylic acids is 1. The Morgan fingerprint density at radius 2 is 2.18 bits per heavy atom. The van der Waals surface area contributed by atoms with E-state index in [0.29, 0.717) is 30.4 Å². The highest BCUT2D eigenvalue weighted by molar-refractivity contribution is 5.76. The van der Waals surface area contributed by atoms with Gasteiger partial charge in [0.2, 0.25) is 5.91 Å². The highest BCUT2D eigenvalue weighted by Crippen LogP contribution is 2.32. The van der Waals surface area contributed by atoms with Crippen LogP contribution < -0.4 is 10.6 Å². The number of rotatable bonds is 5. The van der Waals surface area contributed by atoms with Crippen molar-refractivity contribution in [3.63, 3.8) is 0 Å². The summed E-state index contributed by atoms with van der Waals surface area (Å²) in [5, 5.41) is 6.43. The molecule has 1 saturated heterocycles. The lowest BCUT2D eigenvalue weighted by atomic mass is 9.80. The first-order valence-electron chi connectivity index (χ1n) is 6.80. The van der Waals surface area contributed by atoms with Crippen molar-refractivity contribution in [3.05, 3.63) is 0 Å². The third-order valence-electron chi connectivity index (χ3n) is 3.93. The maximum absolute atomic E-state index is 11.8. The van der Waals surface area contributed by atoms with Crippen molar-refractivity contribution in [2.75, 3.05) is 19.7 Å². The minimum Gasteiger partial charge on any atom is -0.378 e. The van der Waals surface area contributed by atoms with Crippen LogP contribution in [0, 0.1) is 11.8 Å². The Hall–Kier alpha value is -0.610. The zero-order chi connectivity index (χ0) is 12.3. The molecule has 4 heteroatoms. The van der Waals surface area contributed by atoms with Gasteiger partial charge in [-0.25, -0.2) is 0 Å². The van der Waals surface area contributed by atoms with Crippen LogP contribution in [0.2, 0.25) is 0 Å². The summed E-state index contributed by atoms with van der Waals surface area (Å²) in [6, 6.07) is 0.324. The lowest BCUT2D eigenvalue weighted by Gasteiger charge is -2.34. The maximum Gasteiger partial charge on any atom is 0.220 e. The first kappa shape index (κ1) is 12.8. The second kappa shape index (κ2) is 5.83. The molecule has 98 valence electrons. The van der Waals surface area contributed by atoms with Gasteiger partial charge >= 0.3 is 0 Å². The highest BCUT2D eigenvalue weighted by Gasteiger charge is 2.32. The summed E-state index contributed by atoms with van der Waals surface area (Å²) in [6.07, 6.45) is 3.19. The molecule has 0 aromatic carbocycles. The molecule has 4 nitrogen and oxygen atoms in total. The number of hydrogen-bond donors (Lipinski definition) is 2. The second-order valence-electron chi connectivity index (χ2n) is 5.43. The summed E-state index contributed by atoms with van der Waals surface area (Å²) in [7, 11) is 0. The number of ether oxygens (including phenoxy) is 1. The third-order valence-corrected chi connectivity index (χ3v) is 3.93. The topological polar surface area (TPSA) is 50.4 Å². The van der Waals surface area contributed by atoms with Gasteiger partial charge in [0.15, 0.2) is 0 Å². The van der Waals surface area contributed by atoms with Crippen LogP contribution in [0.4, 0.5) is 0 Å². The van der Waals surface area contributed by atoms with Crippen molar-refractivity contribution in [2.24, 2.45) is 11.8 Å². The van der Waals surface area contributed by atoms with Gasteiger partial charge in [-0.2, -0.15) is 0 Å². The summed E-state index contributed by atoms with van der Waals surface area (Å²) in [6.45, 7) is 6.92. The van der Waals surface area contributed by atoms with Crippen LogP contribution in [0.25, 0.3) is 0 Å². The zero-order valence-electron chi connectivity index (χ0n) is 10.9. The molecule has 0 aromatic heterocycles. The van der Waals surface area contributed by atoms with Crippen LogP contribution in [0.5, 0.6) is 0 Å². The summed E-state index contributed by atoms with van der Waals surface area (Å²) in [5.74, 6) is 1.30. The van der Waals surface area contributed by atoms with Crippen molar-refractivity contribution in [1.82, 2.24) is 10.6 Å². The van der Waals surface area contributed by atoms with Gasteiger partial charge in [-0.15, -0.1) is 0 Å². The minimum atomic E-state index is 0.213. The lowest BCUT2D eigenvalue weighted by molar-refractivity contribution is -0.125. The molecule has 2 N–H and O–H groups in total. The van der Waals surface area contributed by atoms with E-state index in [4.69, 9.17) is 4.74 Å². The minimum absolute atomic E-state index is 0.213. The quantitative estimate of drug-likeness (QED) is 0.751. The van der Waals surface area contributed by atoms with E-state index in [-0.39, 0.29) is 5.91 Å². The average Bonchev–Trinajstić information content (AvgIpc) is 2.61. The highest BCUT2D eigenvalue weighted by atomic mass is 16.5. The molecule has 1 aliphatic carbocycles. The number of carbonyl (C=O) groups is 1. The van der Waals surface area contributed by atoms with E-state index in [1.54, 1.807) is 0 Å². The number of nitrogens with one attached hydrogen (secondary N) is 2. The van der Waals surface area contributed by atoms with Gasteiger partial charge in [0.25, 0.3) is 0 Å². The van der Waals surface area contributed by atoms with E-state index in [9.17, 15) is 4.79 Å². The Balaban J connectivity index is 1.62. The van der Waals surface area contributed by atoms with Crippen LogP contribution in [0.3, 0.4) is 0 Å². The predicted molar refractivity (Wildman–Crippen MR) is 66.7 cm³/mol. The monoisotopic (exact) mass is 240 g/mol. The molecule has 0 aromatic rings. The van der Waals surface area contributed by atoms with E-state index >= 15 is 0 Å². The van der Waals surface area contributed by atoms with Crippen molar-refractivity contribution in [3.8, 4) is 0 Å². The molecular weight excluding hydrogens is 216 g/mol. The van der Waals surface area contributed by atoms with E-state index in [2.05, 4.69) is 17.6 Å². The van der Waals surface area contributed by atoms with Crippen molar-refractivity contribution in [1.29, 1.82) is 0 Å². The Labute approximate surface area is 103 Å². The van der Waals surface area contributed by atoms with Gasteiger partial charge in [-0.1, -0.05) is 6.92 Å². The van der Waals surface area contributed by atoms with Gasteiger partial charge in [0, 0.05) is 25.6 Å². The molecule has 2 aliphatic rings. The van der Waals surface area contributed by atoms with Crippen LogP contribution in [0.1, 0.15) is 33.1 Å². The predicted octanol–water partition coefficient (Wildman–Crippen LogP) is 0.916. The molecule has 2 rings (SSSR count). The Morgan fingerprint density at radius 1 is 1.41 bits per heavy atom. The summed E-state index contributed by atoms with van der Waals surface area (Å²) >= 11 is 0. The fraction of sp³-hybridized carbons (Fsp3) is 0.923. The van der Waals surface area contributed by atoms with Crippen molar-refractivity contribution < 1.29 is 9.53 Å². The van der Waals surface area contributed by atoms with Crippen LogP contribution in [-0.2, 0) is 9.53 Å². The standard InChI is InChI=1S/C13H24N2O2/c1-3-17-11-4-10(5-11)6-13(16)15-12-8-14-7-9(12)2/h9-12,14H,3-8H2,1-2H3,(H,15,16). The SMILES string of the molecule is CCOC1CC(CC(=O)NC2CNCC2C)C1. The third kappa shape index (κ3) is 3.42. The lowest BCUT2D eigenvalue weighted by Crippen LogP contribution is -2.42. The largest absolute Gasteiger partial charge is 0.378 e. The zero-order valence-corrected chi connectivity index (χ0v) is 10.9. The second-order valence-corrected chi connectivity index (χ2v) is 5.43. The molecule has 1 saturated carbocycles. The first-order valence-corrected chi connectivity index (χ1v) is 6.80. The fourth-order valence-electron chi connectivity index (χ4n) is 2.74. The van der Waals surface area contributed by atoms with Crippen LogP contribution in [0.15, 0.2) is 0 Å². The Kier molecular flexibility index (Phi) is 4.40. The molecule has 0 spiro atoms. The van der Waals surface area contributed by atoms with E-state index in [0.717, 1.165) is 32.5 Å². The van der Waals surface area contributed by atoms with Crippen LogP contribution >= 0.6 is 0 Å². The molecule has 2 atom stereocenters. The van der Waals surface area contributed by atoms with Gasteiger partial charge in [0.1, 0.15) is 0 Å². The molecule has 2 unspecified atom stereocenters. The molecule has 17 heavy (non-hydrogen) atoms. The summed E-state index contributed by atoms with van der Waals surface area (Å²) < 4.78 is 5.50. The smallest absolute Gasteiger partial charge is 0.220 e. The molecule has 1 amide bonds. The van der Waals surface area contributed by atoms with Crippen molar-refractivity contribution >= 4 is 5.91 Å². The molecule has 2 fully saturated rings. The van der Waals surface area contributed by atoms with Crippen molar-refractivity contribution in [2.45, 2.75) is 45.3 Å². The fourth-order valence-corrected chi connectivity index (χ4v) is 2.74. The average molecular weight is 240 g/mol. The number of hydrogen-bond acceptors (Lipinski definition) is 3. The van der Waals surface area contributed by atoms with Gasteiger partial charge in [-0.3, -0.25) is 4.79 Å². The Morgan fingerprint density at radius 3 is 2.76 bits per heavy atom. The van der Waals surface area contributed by atoms with E-state index in [1.807, 2.05) is 6.92 Å². The van der Waals surface area contributed by atoms with E-state index in [1.165, 1.54) is 0 Å².